The zero-order valence-electron chi connectivity index (χ0n) is 20.1. The Labute approximate surface area is 206 Å². The van der Waals surface area contributed by atoms with Crippen molar-refractivity contribution in [3.8, 4) is 11.5 Å². The smallest absolute Gasteiger partial charge is 0.253 e. The van der Waals surface area contributed by atoms with Crippen molar-refractivity contribution in [3.63, 3.8) is 0 Å². The number of carbonyl (C=O) groups excluding carboxylic acids is 2. The molecule has 1 aliphatic heterocycles. The van der Waals surface area contributed by atoms with Crippen LogP contribution in [0.15, 0.2) is 72.8 Å². The molecule has 7 heteroatoms. The Bertz CT molecular complexity index is 1170. The summed E-state index contributed by atoms with van der Waals surface area (Å²) in [5.74, 6) is 1.09. The van der Waals surface area contributed by atoms with Gasteiger partial charge in [0.05, 0.1) is 32.0 Å². The van der Waals surface area contributed by atoms with E-state index in [-0.39, 0.29) is 24.4 Å². The molecule has 1 saturated heterocycles. The first kappa shape index (κ1) is 24.3. The molecule has 7 nitrogen and oxygen atoms in total. The van der Waals surface area contributed by atoms with E-state index >= 15 is 0 Å². The van der Waals surface area contributed by atoms with E-state index < -0.39 is 0 Å². The first-order valence-electron chi connectivity index (χ1n) is 11.8. The summed E-state index contributed by atoms with van der Waals surface area (Å²) in [5, 5.41) is 5.87. The third kappa shape index (κ3) is 6.00. The number of para-hydroxylation sites is 1. The van der Waals surface area contributed by atoms with E-state index in [1.807, 2.05) is 54.6 Å². The third-order valence-electron chi connectivity index (χ3n) is 6.25. The molecule has 0 saturated carbocycles. The second-order valence-electron chi connectivity index (χ2n) is 8.50. The van der Waals surface area contributed by atoms with E-state index in [1.54, 1.807) is 32.4 Å². The number of hydrogen-bond acceptors (Lipinski definition) is 5. The monoisotopic (exact) mass is 473 g/mol. The number of benzene rings is 3. The number of ether oxygens (including phenoxy) is 2. The number of anilines is 1. The minimum Gasteiger partial charge on any atom is -0.497 e. The lowest BCUT2D eigenvalue weighted by Gasteiger charge is -2.26. The summed E-state index contributed by atoms with van der Waals surface area (Å²) in [4.78, 5) is 28.0. The number of likely N-dealkylation sites (tertiary alicyclic amines) is 1. The molecule has 1 aliphatic rings. The van der Waals surface area contributed by atoms with Gasteiger partial charge < -0.3 is 20.1 Å². The van der Waals surface area contributed by atoms with Crippen molar-refractivity contribution in [2.75, 3.05) is 32.6 Å². The zero-order valence-corrected chi connectivity index (χ0v) is 20.1. The maximum absolute atomic E-state index is 13.0. The van der Waals surface area contributed by atoms with E-state index in [0.29, 0.717) is 17.8 Å². The van der Waals surface area contributed by atoms with Crippen LogP contribution in [0.2, 0.25) is 0 Å². The molecule has 3 aromatic carbocycles. The Morgan fingerprint density at radius 1 is 0.971 bits per heavy atom. The minimum absolute atomic E-state index is 0.0750. The lowest BCUT2D eigenvalue weighted by molar-refractivity contribution is -0.117. The van der Waals surface area contributed by atoms with Gasteiger partial charge in [-0.2, -0.15) is 0 Å². The van der Waals surface area contributed by atoms with E-state index in [4.69, 9.17) is 9.47 Å². The molecule has 35 heavy (non-hydrogen) atoms. The largest absolute Gasteiger partial charge is 0.497 e. The number of hydrogen-bond donors (Lipinski definition) is 2. The third-order valence-corrected chi connectivity index (χ3v) is 6.25. The summed E-state index contributed by atoms with van der Waals surface area (Å²) < 4.78 is 10.9. The predicted molar refractivity (Wildman–Crippen MR) is 136 cm³/mol. The van der Waals surface area contributed by atoms with Gasteiger partial charge in [0.25, 0.3) is 5.91 Å². The van der Waals surface area contributed by atoms with Gasteiger partial charge in [-0.25, -0.2) is 0 Å². The zero-order chi connectivity index (χ0) is 24.6. The number of nitrogens with one attached hydrogen (secondary N) is 2. The van der Waals surface area contributed by atoms with E-state index in [1.165, 1.54) is 0 Å². The van der Waals surface area contributed by atoms with Crippen LogP contribution < -0.4 is 20.1 Å². The highest BCUT2D eigenvalue weighted by atomic mass is 16.5. The van der Waals surface area contributed by atoms with Crippen LogP contribution in [0.5, 0.6) is 11.5 Å². The van der Waals surface area contributed by atoms with Crippen molar-refractivity contribution in [1.29, 1.82) is 0 Å². The maximum atomic E-state index is 13.0. The molecule has 1 atom stereocenters. The number of amides is 2. The molecule has 182 valence electrons. The molecule has 0 spiro atoms. The summed E-state index contributed by atoms with van der Waals surface area (Å²) in [5.41, 5.74) is 2.99. The van der Waals surface area contributed by atoms with E-state index in [2.05, 4.69) is 15.5 Å². The van der Waals surface area contributed by atoms with Crippen molar-refractivity contribution >= 4 is 17.5 Å². The topological polar surface area (TPSA) is 79.9 Å². The fourth-order valence-corrected chi connectivity index (χ4v) is 4.50. The second kappa shape index (κ2) is 11.5. The summed E-state index contributed by atoms with van der Waals surface area (Å²) in [7, 11) is 3.27. The number of methoxy groups -OCH3 is 2. The average Bonchev–Trinajstić information content (AvgIpc) is 3.35. The van der Waals surface area contributed by atoms with Crippen LogP contribution in [0.25, 0.3) is 0 Å². The number of nitrogens with zero attached hydrogens (tertiary/aromatic N) is 1. The Morgan fingerprint density at radius 2 is 1.74 bits per heavy atom. The molecule has 0 radical (unpaired) electrons. The first-order chi connectivity index (χ1) is 17.1. The molecular formula is C28H31N3O4. The standard InChI is InChI=1S/C28H31N3O4/c1-34-21-14-15-23(26(17-21)35-2)25-13-8-16-31(25)19-27(32)30-24-12-7-6-11-22(24)28(33)29-18-20-9-4-3-5-10-20/h3-7,9-12,14-15,17,25H,8,13,16,18-19H2,1-2H3,(H,29,33)(H,30,32)/t25-/m1/s1. The molecule has 2 amide bonds. The van der Waals surface area contributed by atoms with Crippen molar-refractivity contribution in [3.05, 3.63) is 89.5 Å². The summed E-state index contributed by atoms with van der Waals surface area (Å²) in [6, 6.07) is 22.7. The average molecular weight is 474 g/mol. The molecule has 2 N–H and O–H groups in total. The van der Waals surface area contributed by atoms with Crippen LogP contribution in [-0.2, 0) is 11.3 Å². The van der Waals surface area contributed by atoms with Crippen LogP contribution in [0.1, 0.15) is 40.4 Å². The molecule has 1 heterocycles. The Kier molecular flexibility index (Phi) is 8.00. The minimum atomic E-state index is -0.230. The van der Waals surface area contributed by atoms with Gasteiger partial charge in [0, 0.05) is 24.2 Å². The summed E-state index contributed by atoms with van der Waals surface area (Å²) in [6.45, 7) is 1.45. The van der Waals surface area contributed by atoms with Gasteiger partial charge in [-0.15, -0.1) is 0 Å². The second-order valence-corrected chi connectivity index (χ2v) is 8.50. The van der Waals surface area contributed by atoms with Crippen molar-refractivity contribution in [1.82, 2.24) is 10.2 Å². The highest BCUT2D eigenvalue weighted by Gasteiger charge is 2.30. The number of carbonyl (C=O) groups is 2. The van der Waals surface area contributed by atoms with Crippen molar-refractivity contribution in [2.24, 2.45) is 0 Å². The Hall–Kier alpha value is -3.84. The van der Waals surface area contributed by atoms with Gasteiger partial charge in [-0.1, -0.05) is 48.5 Å². The quantitative estimate of drug-likeness (QED) is 0.481. The molecule has 4 rings (SSSR count). The summed E-state index contributed by atoms with van der Waals surface area (Å²) >= 11 is 0. The van der Waals surface area contributed by atoms with Gasteiger partial charge in [0.15, 0.2) is 0 Å². The van der Waals surface area contributed by atoms with Gasteiger partial charge in [0.1, 0.15) is 11.5 Å². The molecule has 0 aliphatic carbocycles. The molecule has 1 fully saturated rings. The lowest BCUT2D eigenvalue weighted by Crippen LogP contribution is -2.33. The Morgan fingerprint density at radius 3 is 2.51 bits per heavy atom. The fourth-order valence-electron chi connectivity index (χ4n) is 4.50. The maximum Gasteiger partial charge on any atom is 0.253 e. The molecule has 0 aromatic heterocycles. The number of rotatable bonds is 9. The van der Waals surface area contributed by atoms with Crippen LogP contribution in [0.3, 0.4) is 0 Å². The van der Waals surface area contributed by atoms with E-state index in [9.17, 15) is 9.59 Å². The van der Waals surface area contributed by atoms with Crippen molar-refractivity contribution < 1.29 is 19.1 Å². The SMILES string of the molecule is COc1ccc([C@H]2CCCN2CC(=O)Nc2ccccc2C(=O)NCc2ccccc2)c(OC)c1. The molecule has 3 aromatic rings. The van der Waals surface area contributed by atoms with Crippen LogP contribution in [0, 0.1) is 0 Å². The van der Waals surface area contributed by atoms with Crippen LogP contribution in [0.4, 0.5) is 5.69 Å². The van der Waals surface area contributed by atoms with Crippen LogP contribution >= 0.6 is 0 Å². The Balaban J connectivity index is 1.42. The highest BCUT2D eigenvalue weighted by Crippen LogP contribution is 2.38. The highest BCUT2D eigenvalue weighted by molar-refractivity contribution is 6.04. The normalized spacial score (nSPS) is 15.4. The molecular weight excluding hydrogens is 442 g/mol. The molecule has 0 bridgehead atoms. The fraction of sp³-hybridized carbons (Fsp3) is 0.286. The molecule has 0 unspecified atom stereocenters. The van der Waals surface area contributed by atoms with Crippen LogP contribution in [-0.4, -0.2) is 44.0 Å². The summed E-state index contributed by atoms with van der Waals surface area (Å²) in [6.07, 6.45) is 1.93. The first-order valence-corrected chi connectivity index (χ1v) is 11.8. The van der Waals surface area contributed by atoms with Crippen molar-refractivity contribution in [2.45, 2.75) is 25.4 Å². The predicted octanol–water partition coefficient (Wildman–Crippen LogP) is 4.41. The van der Waals surface area contributed by atoms with Gasteiger partial charge >= 0.3 is 0 Å². The van der Waals surface area contributed by atoms with E-state index in [0.717, 1.165) is 42.0 Å². The van der Waals surface area contributed by atoms with Gasteiger partial charge in [-0.05, 0) is 43.1 Å². The lowest BCUT2D eigenvalue weighted by atomic mass is 10.0. The van der Waals surface area contributed by atoms with Gasteiger partial charge in [0.2, 0.25) is 5.91 Å². The van der Waals surface area contributed by atoms with Gasteiger partial charge in [-0.3, -0.25) is 14.5 Å².